The Morgan fingerprint density at radius 3 is 2.50 bits per heavy atom. The zero-order valence-corrected chi connectivity index (χ0v) is 21.1. The summed E-state index contributed by atoms with van der Waals surface area (Å²) in [5.41, 5.74) is -0.142. The highest BCUT2D eigenvalue weighted by atomic mass is 79.9. The number of unbranched alkanes of at least 4 members (excludes halogenated alkanes) is 1. The minimum Gasteiger partial charge on any atom is -0.495 e. The van der Waals surface area contributed by atoms with Crippen molar-refractivity contribution < 1.29 is 35.9 Å². The van der Waals surface area contributed by atoms with Gasteiger partial charge in [-0.1, -0.05) is 15.9 Å². The number of aromatic amines is 1. The Kier molecular flexibility index (Phi) is 8.40. The Balaban J connectivity index is 1.97. The van der Waals surface area contributed by atoms with Gasteiger partial charge in [-0.15, -0.1) is 0 Å². The maximum Gasteiger partial charge on any atom is 0.449 e. The molecule has 0 bridgehead atoms. The van der Waals surface area contributed by atoms with Gasteiger partial charge in [0, 0.05) is 23.1 Å². The Labute approximate surface area is 212 Å². The second-order valence-corrected chi connectivity index (χ2v) is 10.1. The van der Waals surface area contributed by atoms with E-state index in [-0.39, 0.29) is 35.7 Å². The zero-order chi connectivity index (χ0) is 26.5. The molecule has 14 heteroatoms. The number of nitrogens with zero attached hydrogens (tertiary/aromatic N) is 2. The molecule has 0 atom stereocenters. The summed E-state index contributed by atoms with van der Waals surface area (Å²) in [6.07, 6.45) is -2.97. The highest BCUT2D eigenvalue weighted by Crippen LogP contribution is 2.33. The first kappa shape index (κ1) is 27.2. The van der Waals surface area contributed by atoms with Crippen LogP contribution in [0.5, 0.6) is 5.75 Å². The number of aldehydes is 1. The zero-order valence-electron chi connectivity index (χ0n) is 18.7. The van der Waals surface area contributed by atoms with Crippen LogP contribution in [0.15, 0.2) is 58.0 Å². The van der Waals surface area contributed by atoms with Crippen molar-refractivity contribution in [1.29, 1.82) is 0 Å². The fourth-order valence-electron chi connectivity index (χ4n) is 3.17. The van der Waals surface area contributed by atoms with Gasteiger partial charge in [-0.05, 0) is 48.9 Å². The topological polar surface area (TPSA) is 121 Å². The number of aromatic nitrogens is 2. The molecule has 9 nitrogen and oxygen atoms in total. The van der Waals surface area contributed by atoms with Gasteiger partial charge in [0.05, 0.1) is 19.0 Å². The predicted octanol–water partition coefficient (Wildman–Crippen LogP) is 4.63. The molecular formula is C22H20BrF3N4O5S. The van der Waals surface area contributed by atoms with Crippen LogP contribution in [0.4, 0.5) is 24.5 Å². The Morgan fingerprint density at radius 2 is 1.92 bits per heavy atom. The van der Waals surface area contributed by atoms with Crippen LogP contribution >= 0.6 is 15.9 Å². The van der Waals surface area contributed by atoms with Gasteiger partial charge in [-0.3, -0.25) is 9.10 Å². The molecule has 0 spiro atoms. The summed E-state index contributed by atoms with van der Waals surface area (Å²) >= 11 is 3.30. The second-order valence-electron chi connectivity index (χ2n) is 7.33. The van der Waals surface area contributed by atoms with Gasteiger partial charge < -0.3 is 19.8 Å². The summed E-state index contributed by atoms with van der Waals surface area (Å²) in [4.78, 5) is 28.0. The van der Waals surface area contributed by atoms with E-state index in [1.54, 1.807) is 24.3 Å². The quantitative estimate of drug-likeness (QED) is 0.263. The SMILES string of the molecule is COc1ccc(NC(=O)c2cnc(C(F)(F)F)[nH]2)cc1S(=O)(=O)N(CCCC=O)c1ccc(Br)cc1. The normalized spacial score (nSPS) is 11.7. The van der Waals surface area contributed by atoms with Crippen molar-refractivity contribution in [2.45, 2.75) is 23.9 Å². The summed E-state index contributed by atoms with van der Waals surface area (Å²) in [5, 5.41) is 2.36. The van der Waals surface area contributed by atoms with E-state index in [1.807, 2.05) is 4.98 Å². The lowest BCUT2D eigenvalue weighted by Crippen LogP contribution is -2.32. The van der Waals surface area contributed by atoms with Crippen LogP contribution in [-0.4, -0.2) is 44.2 Å². The van der Waals surface area contributed by atoms with E-state index in [9.17, 15) is 31.2 Å². The Morgan fingerprint density at radius 1 is 1.22 bits per heavy atom. The van der Waals surface area contributed by atoms with E-state index >= 15 is 0 Å². The van der Waals surface area contributed by atoms with Crippen molar-refractivity contribution in [1.82, 2.24) is 9.97 Å². The van der Waals surface area contributed by atoms with Crippen LogP contribution in [-0.2, 0) is 21.0 Å². The maximum absolute atomic E-state index is 13.7. The van der Waals surface area contributed by atoms with Crippen LogP contribution in [0.1, 0.15) is 29.2 Å². The number of nitrogens with one attached hydrogen (secondary N) is 2. The standard InChI is InChI=1S/C22H20BrF3N4O5S/c1-35-18-9-6-15(28-20(32)17-13-27-21(29-17)22(24,25)26)12-19(18)36(33,34)30(10-2-3-11-31)16-7-4-14(23)5-8-16/h4-9,11-13H,2-3,10H2,1H3,(H,27,29)(H,28,32). The molecule has 1 amide bonds. The molecule has 0 aliphatic heterocycles. The highest BCUT2D eigenvalue weighted by Gasteiger charge is 2.35. The summed E-state index contributed by atoms with van der Waals surface area (Å²) in [5.74, 6) is -2.32. The lowest BCUT2D eigenvalue weighted by Gasteiger charge is -2.25. The molecule has 1 heterocycles. The van der Waals surface area contributed by atoms with Crippen molar-refractivity contribution >= 4 is 49.5 Å². The van der Waals surface area contributed by atoms with Gasteiger partial charge in [0.2, 0.25) is 5.82 Å². The number of ether oxygens (including phenoxy) is 1. The first-order valence-electron chi connectivity index (χ1n) is 10.3. The summed E-state index contributed by atoms with van der Waals surface area (Å²) in [6, 6.07) is 10.3. The Bertz CT molecular complexity index is 1340. The molecule has 2 N–H and O–H groups in total. The predicted molar refractivity (Wildman–Crippen MR) is 129 cm³/mol. The van der Waals surface area contributed by atoms with E-state index in [4.69, 9.17) is 4.74 Å². The smallest absolute Gasteiger partial charge is 0.449 e. The molecule has 1 aromatic heterocycles. The molecule has 2 aromatic carbocycles. The average Bonchev–Trinajstić information content (AvgIpc) is 3.34. The van der Waals surface area contributed by atoms with E-state index in [2.05, 4.69) is 26.2 Å². The molecule has 36 heavy (non-hydrogen) atoms. The number of carbonyl (C=O) groups is 2. The van der Waals surface area contributed by atoms with Gasteiger partial charge in [-0.25, -0.2) is 13.4 Å². The van der Waals surface area contributed by atoms with Crippen LogP contribution in [0.2, 0.25) is 0 Å². The summed E-state index contributed by atoms with van der Waals surface area (Å²) in [6.45, 7) is -0.0171. The number of methoxy groups -OCH3 is 1. The third kappa shape index (κ3) is 6.23. The van der Waals surface area contributed by atoms with E-state index in [1.165, 1.54) is 19.2 Å². The fourth-order valence-corrected chi connectivity index (χ4v) is 5.12. The monoisotopic (exact) mass is 588 g/mol. The van der Waals surface area contributed by atoms with Crippen molar-refractivity contribution in [3.8, 4) is 5.75 Å². The number of alkyl halides is 3. The Hall–Kier alpha value is -3.39. The lowest BCUT2D eigenvalue weighted by atomic mass is 10.3. The molecule has 0 fully saturated rings. The molecule has 0 radical (unpaired) electrons. The number of imidazole rings is 1. The number of rotatable bonds is 10. The third-order valence-electron chi connectivity index (χ3n) is 4.88. The van der Waals surface area contributed by atoms with Gasteiger partial charge >= 0.3 is 6.18 Å². The average molecular weight is 589 g/mol. The van der Waals surface area contributed by atoms with Gasteiger partial charge in [-0.2, -0.15) is 13.2 Å². The minimum atomic E-state index is -4.76. The van der Waals surface area contributed by atoms with Gasteiger partial charge in [0.1, 0.15) is 22.6 Å². The number of halogens is 4. The summed E-state index contributed by atoms with van der Waals surface area (Å²) < 4.78 is 72.8. The molecule has 192 valence electrons. The number of benzene rings is 2. The van der Waals surface area contributed by atoms with Crippen molar-refractivity contribution in [2.24, 2.45) is 0 Å². The van der Waals surface area contributed by atoms with Gasteiger partial charge in [0.25, 0.3) is 15.9 Å². The van der Waals surface area contributed by atoms with Crippen LogP contribution in [0.3, 0.4) is 0 Å². The number of anilines is 2. The number of sulfonamides is 1. The first-order valence-corrected chi connectivity index (χ1v) is 12.5. The third-order valence-corrected chi connectivity index (χ3v) is 7.25. The molecule has 0 aliphatic carbocycles. The molecule has 3 aromatic rings. The van der Waals surface area contributed by atoms with E-state index in [0.717, 1.165) is 21.0 Å². The van der Waals surface area contributed by atoms with E-state index in [0.29, 0.717) is 12.0 Å². The number of carbonyl (C=O) groups excluding carboxylic acids is 2. The number of hydrogen-bond donors (Lipinski definition) is 2. The second kappa shape index (κ2) is 11.1. The van der Waals surface area contributed by atoms with Crippen LogP contribution < -0.4 is 14.4 Å². The highest BCUT2D eigenvalue weighted by molar-refractivity contribution is 9.10. The van der Waals surface area contributed by atoms with Gasteiger partial charge in [0.15, 0.2) is 0 Å². The first-order chi connectivity index (χ1) is 17.0. The molecule has 3 rings (SSSR count). The molecule has 0 unspecified atom stereocenters. The molecule has 0 aliphatic rings. The van der Waals surface area contributed by atoms with Crippen molar-refractivity contribution in [2.75, 3.05) is 23.3 Å². The lowest BCUT2D eigenvalue weighted by molar-refractivity contribution is -0.144. The minimum absolute atomic E-state index is 0.00817. The largest absolute Gasteiger partial charge is 0.495 e. The van der Waals surface area contributed by atoms with Crippen molar-refractivity contribution in [3.63, 3.8) is 0 Å². The number of hydrogen-bond acceptors (Lipinski definition) is 6. The molecular weight excluding hydrogens is 569 g/mol. The van der Waals surface area contributed by atoms with E-state index < -0.39 is 33.6 Å². The van der Waals surface area contributed by atoms with Crippen molar-refractivity contribution in [3.05, 3.63) is 64.7 Å². The molecule has 0 saturated heterocycles. The van der Waals surface area contributed by atoms with Crippen LogP contribution in [0, 0.1) is 0 Å². The fraction of sp³-hybridized carbons (Fsp3) is 0.227. The van der Waals surface area contributed by atoms with Crippen LogP contribution in [0.25, 0.3) is 0 Å². The number of H-pyrrole nitrogens is 1. The molecule has 0 saturated carbocycles. The number of amides is 1. The summed E-state index contributed by atoms with van der Waals surface area (Å²) in [7, 11) is -3.00. The maximum atomic E-state index is 13.7.